The third-order valence-electron chi connectivity index (χ3n) is 14.2. The summed E-state index contributed by atoms with van der Waals surface area (Å²) in [7, 11) is 0. The highest BCUT2D eigenvalue weighted by Crippen LogP contribution is 2.19. The molecule has 6 nitrogen and oxygen atoms in total. The van der Waals surface area contributed by atoms with E-state index in [4.69, 9.17) is 14.2 Å². The summed E-state index contributed by atoms with van der Waals surface area (Å²) in [5, 5.41) is 0. The molecule has 66 heavy (non-hydrogen) atoms. The maximum atomic E-state index is 12.8. The summed E-state index contributed by atoms with van der Waals surface area (Å²) in [6, 6.07) is 0. The molecular formula is C60H116O6. The van der Waals surface area contributed by atoms with E-state index in [9.17, 15) is 14.4 Å². The highest BCUT2D eigenvalue weighted by atomic mass is 16.6. The Morgan fingerprint density at radius 1 is 0.303 bits per heavy atom. The van der Waals surface area contributed by atoms with Gasteiger partial charge in [0, 0.05) is 19.3 Å². The van der Waals surface area contributed by atoms with Gasteiger partial charge in [-0.1, -0.05) is 304 Å². The molecule has 0 aromatic heterocycles. The van der Waals surface area contributed by atoms with Crippen LogP contribution in [0.2, 0.25) is 0 Å². The molecule has 0 spiro atoms. The normalized spacial score (nSPS) is 12.4. The maximum absolute atomic E-state index is 12.8. The van der Waals surface area contributed by atoms with Crippen LogP contribution >= 0.6 is 0 Å². The van der Waals surface area contributed by atoms with Gasteiger partial charge in [0.15, 0.2) is 6.10 Å². The maximum Gasteiger partial charge on any atom is 0.306 e. The van der Waals surface area contributed by atoms with Crippen LogP contribution in [0.4, 0.5) is 0 Å². The van der Waals surface area contributed by atoms with Gasteiger partial charge >= 0.3 is 17.9 Å². The first-order valence-corrected chi connectivity index (χ1v) is 29.9. The van der Waals surface area contributed by atoms with Crippen LogP contribution in [0.5, 0.6) is 0 Å². The monoisotopic (exact) mass is 933 g/mol. The third kappa shape index (κ3) is 51.8. The van der Waals surface area contributed by atoms with E-state index in [-0.39, 0.29) is 31.1 Å². The van der Waals surface area contributed by atoms with Crippen molar-refractivity contribution in [2.75, 3.05) is 13.2 Å². The van der Waals surface area contributed by atoms with Crippen LogP contribution in [0.1, 0.15) is 342 Å². The van der Waals surface area contributed by atoms with Crippen LogP contribution in [0.3, 0.4) is 0 Å². The highest BCUT2D eigenvalue weighted by molar-refractivity contribution is 5.71. The predicted octanol–water partition coefficient (Wildman–Crippen LogP) is 19.8. The molecule has 6 heteroatoms. The fraction of sp³-hybridized carbons (Fsp3) is 0.950. The summed E-state index contributed by atoms with van der Waals surface area (Å²) >= 11 is 0. The van der Waals surface area contributed by atoms with E-state index in [1.807, 2.05) is 0 Å². The minimum atomic E-state index is -0.760. The second kappa shape index (κ2) is 54.4. The van der Waals surface area contributed by atoms with Gasteiger partial charge in [-0.15, -0.1) is 0 Å². The van der Waals surface area contributed by atoms with E-state index < -0.39 is 6.10 Å². The van der Waals surface area contributed by atoms with E-state index in [2.05, 4.69) is 27.7 Å². The van der Waals surface area contributed by atoms with Crippen LogP contribution in [-0.4, -0.2) is 37.2 Å². The molecule has 0 radical (unpaired) electrons. The number of unbranched alkanes of at least 4 members (excludes halogenated alkanes) is 41. The van der Waals surface area contributed by atoms with Gasteiger partial charge in [0.1, 0.15) is 13.2 Å². The molecule has 0 bridgehead atoms. The Morgan fingerprint density at radius 3 is 0.788 bits per heavy atom. The summed E-state index contributed by atoms with van der Waals surface area (Å²) in [6.07, 6.45) is 59.7. The lowest BCUT2D eigenvalue weighted by Crippen LogP contribution is -2.30. The number of rotatable bonds is 55. The van der Waals surface area contributed by atoms with Gasteiger partial charge in [-0.2, -0.15) is 0 Å². The summed E-state index contributed by atoms with van der Waals surface area (Å²) in [4.78, 5) is 38.0. The summed E-state index contributed by atoms with van der Waals surface area (Å²) < 4.78 is 16.8. The molecular weight excluding hydrogens is 817 g/mol. The van der Waals surface area contributed by atoms with Crippen molar-refractivity contribution in [2.45, 2.75) is 348 Å². The Bertz CT molecular complexity index is 998. The molecule has 0 aliphatic heterocycles. The number of esters is 3. The molecule has 0 aromatic carbocycles. The SMILES string of the molecule is CCCCCCCCCCCCCCCCCCCCCC(=O)O[C@H](COC(=O)CCCCCCCCC)COC(=O)CCCCCCCCCCCCCCCCCCCCC(C)CC. The number of hydrogen-bond donors (Lipinski definition) is 0. The average molecular weight is 934 g/mol. The number of carbonyl (C=O) groups excluding carboxylic acids is 3. The zero-order valence-electron chi connectivity index (χ0n) is 45.2. The summed E-state index contributed by atoms with van der Waals surface area (Å²) in [5.41, 5.74) is 0. The van der Waals surface area contributed by atoms with Crippen molar-refractivity contribution < 1.29 is 28.6 Å². The fourth-order valence-corrected chi connectivity index (χ4v) is 9.25. The second-order valence-corrected chi connectivity index (χ2v) is 20.9. The van der Waals surface area contributed by atoms with Gasteiger partial charge in [-0.05, 0) is 25.2 Å². The zero-order valence-corrected chi connectivity index (χ0v) is 45.2. The van der Waals surface area contributed by atoms with Crippen LogP contribution in [-0.2, 0) is 28.6 Å². The van der Waals surface area contributed by atoms with Gasteiger partial charge in [-0.25, -0.2) is 0 Å². The lowest BCUT2D eigenvalue weighted by Gasteiger charge is -2.18. The first-order chi connectivity index (χ1) is 32.4. The van der Waals surface area contributed by atoms with Crippen molar-refractivity contribution in [2.24, 2.45) is 5.92 Å². The van der Waals surface area contributed by atoms with Crippen molar-refractivity contribution in [1.29, 1.82) is 0 Å². The smallest absolute Gasteiger partial charge is 0.306 e. The molecule has 0 heterocycles. The second-order valence-electron chi connectivity index (χ2n) is 20.9. The van der Waals surface area contributed by atoms with E-state index in [1.165, 1.54) is 238 Å². The Hall–Kier alpha value is -1.59. The minimum absolute atomic E-state index is 0.0623. The van der Waals surface area contributed by atoms with E-state index in [1.54, 1.807) is 0 Å². The number of hydrogen-bond acceptors (Lipinski definition) is 6. The summed E-state index contributed by atoms with van der Waals surface area (Å²) in [6.45, 7) is 9.07. The Morgan fingerprint density at radius 2 is 0.530 bits per heavy atom. The first kappa shape index (κ1) is 64.4. The minimum Gasteiger partial charge on any atom is -0.462 e. The highest BCUT2D eigenvalue weighted by Gasteiger charge is 2.19. The Balaban J connectivity index is 4.10. The molecule has 1 unspecified atom stereocenters. The van der Waals surface area contributed by atoms with Crippen LogP contribution in [0, 0.1) is 5.92 Å². The molecule has 0 N–H and O–H groups in total. The Labute approximate surface area is 412 Å². The molecule has 0 aliphatic rings. The zero-order chi connectivity index (χ0) is 48.1. The largest absolute Gasteiger partial charge is 0.462 e. The van der Waals surface area contributed by atoms with Gasteiger partial charge in [0.2, 0.25) is 0 Å². The topological polar surface area (TPSA) is 78.9 Å². The van der Waals surface area contributed by atoms with Crippen molar-refractivity contribution in [3.05, 3.63) is 0 Å². The molecule has 0 saturated carbocycles. The fourth-order valence-electron chi connectivity index (χ4n) is 9.25. The number of carbonyl (C=O) groups is 3. The predicted molar refractivity (Wildman–Crippen MR) is 284 cm³/mol. The third-order valence-corrected chi connectivity index (χ3v) is 14.2. The van der Waals surface area contributed by atoms with E-state index >= 15 is 0 Å². The molecule has 0 aromatic rings. The van der Waals surface area contributed by atoms with Crippen molar-refractivity contribution >= 4 is 17.9 Å². The van der Waals surface area contributed by atoms with Gasteiger partial charge in [0.25, 0.3) is 0 Å². The molecule has 0 fully saturated rings. The lowest BCUT2D eigenvalue weighted by molar-refractivity contribution is -0.167. The molecule has 0 saturated heterocycles. The van der Waals surface area contributed by atoms with Gasteiger partial charge in [0.05, 0.1) is 0 Å². The van der Waals surface area contributed by atoms with Crippen molar-refractivity contribution in [1.82, 2.24) is 0 Å². The number of ether oxygens (including phenoxy) is 3. The first-order valence-electron chi connectivity index (χ1n) is 29.9. The van der Waals surface area contributed by atoms with Gasteiger partial charge in [-0.3, -0.25) is 14.4 Å². The van der Waals surface area contributed by atoms with Gasteiger partial charge < -0.3 is 14.2 Å². The van der Waals surface area contributed by atoms with Crippen LogP contribution in [0.15, 0.2) is 0 Å². The van der Waals surface area contributed by atoms with E-state index in [0.29, 0.717) is 19.3 Å². The molecule has 0 amide bonds. The van der Waals surface area contributed by atoms with Crippen molar-refractivity contribution in [3.63, 3.8) is 0 Å². The molecule has 0 rings (SSSR count). The average Bonchev–Trinajstić information content (AvgIpc) is 3.32. The van der Waals surface area contributed by atoms with Crippen LogP contribution in [0.25, 0.3) is 0 Å². The van der Waals surface area contributed by atoms with E-state index in [0.717, 1.165) is 63.7 Å². The quantitative estimate of drug-likeness (QED) is 0.0343. The van der Waals surface area contributed by atoms with Crippen LogP contribution < -0.4 is 0 Å². The molecule has 0 aliphatic carbocycles. The summed E-state index contributed by atoms with van der Waals surface area (Å²) in [5.74, 6) is 0.0680. The standard InChI is InChI=1S/C60H116O6/c1-5-8-10-12-14-15-16-17-18-19-20-25-28-31-34-37-41-45-49-53-60(63)66-57(54-64-58(61)51-47-43-38-13-11-9-6-2)55-65-59(62)52-48-44-40-36-33-30-27-24-22-21-23-26-29-32-35-39-42-46-50-56(4)7-3/h56-57H,5-55H2,1-4H3/t56?,57-/m1/s1. The molecule has 392 valence electrons. The molecule has 2 atom stereocenters. The van der Waals surface area contributed by atoms with Crippen molar-refractivity contribution in [3.8, 4) is 0 Å². The Kier molecular flexibility index (Phi) is 53.0. The lowest BCUT2D eigenvalue weighted by atomic mass is 9.99.